The summed E-state index contributed by atoms with van der Waals surface area (Å²) in [7, 11) is 0. The molecule has 2 rings (SSSR count). The van der Waals surface area contributed by atoms with Gasteiger partial charge in [-0.15, -0.1) is 0 Å². The van der Waals surface area contributed by atoms with Crippen molar-refractivity contribution < 1.29 is 19.6 Å². The van der Waals surface area contributed by atoms with Crippen molar-refractivity contribution >= 4 is 23.4 Å². The van der Waals surface area contributed by atoms with Crippen molar-refractivity contribution in [2.45, 2.75) is 20.8 Å². The molecule has 0 fully saturated rings. The van der Waals surface area contributed by atoms with E-state index in [1.807, 2.05) is 26.0 Å². The van der Waals surface area contributed by atoms with Crippen LogP contribution in [0, 0.1) is 35.3 Å². The number of hydrogen-bond acceptors (Lipinski definition) is 6. The van der Waals surface area contributed by atoms with E-state index in [9.17, 15) is 25.3 Å². The summed E-state index contributed by atoms with van der Waals surface area (Å²) in [5, 5.41) is 33.1. The number of nitrogens with one attached hydrogen (secondary N) is 1. The summed E-state index contributed by atoms with van der Waals surface area (Å²) in [5.41, 5.74) is 1.78. The van der Waals surface area contributed by atoms with Gasteiger partial charge in [-0.2, -0.15) is 5.26 Å². The van der Waals surface area contributed by atoms with Gasteiger partial charge in [-0.1, -0.05) is 17.7 Å². The first-order chi connectivity index (χ1) is 13.3. The molecule has 2 aromatic rings. The zero-order valence-electron chi connectivity index (χ0n) is 15.6. The fourth-order valence-corrected chi connectivity index (χ4v) is 2.56. The fourth-order valence-electron chi connectivity index (χ4n) is 2.56. The third-order valence-electron chi connectivity index (χ3n) is 3.88. The Kier molecular flexibility index (Phi) is 6.34. The van der Waals surface area contributed by atoms with Crippen molar-refractivity contribution in [3.8, 4) is 17.6 Å². The summed E-state index contributed by atoms with van der Waals surface area (Å²) in [4.78, 5) is 22.8. The van der Waals surface area contributed by atoms with E-state index < -0.39 is 22.3 Å². The number of carbonyl (C=O) groups is 1. The highest BCUT2D eigenvalue weighted by molar-refractivity contribution is 6.10. The monoisotopic (exact) mass is 381 g/mol. The fraction of sp³-hybridized carbons (Fsp3) is 0.200. The second-order valence-electron chi connectivity index (χ2n) is 6.02. The zero-order valence-corrected chi connectivity index (χ0v) is 15.6. The molecule has 0 radical (unpaired) electrons. The van der Waals surface area contributed by atoms with Crippen LogP contribution in [0.5, 0.6) is 11.5 Å². The summed E-state index contributed by atoms with van der Waals surface area (Å²) in [6.07, 6.45) is 1.20. The van der Waals surface area contributed by atoms with Crippen LogP contribution in [0.4, 0.5) is 11.4 Å². The summed E-state index contributed by atoms with van der Waals surface area (Å²) in [6, 6.07) is 9.64. The second-order valence-corrected chi connectivity index (χ2v) is 6.02. The molecule has 0 saturated heterocycles. The van der Waals surface area contributed by atoms with Crippen molar-refractivity contribution in [2.75, 3.05) is 11.9 Å². The Morgan fingerprint density at radius 2 is 2.07 bits per heavy atom. The number of nitrogens with zero attached hydrogens (tertiary/aromatic N) is 2. The number of aryl methyl sites for hydroxylation is 2. The maximum Gasteiger partial charge on any atom is 0.315 e. The van der Waals surface area contributed by atoms with Gasteiger partial charge in [0.25, 0.3) is 5.91 Å². The number of nitro benzene ring substituents is 1. The summed E-state index contributed by atoms with van der Waals surface area (Å²) >= 11 is 0. The lowest BCUT2D eigenvalue weighted by atomic mass is 10.1. The number of hydrogen-bond donors (Lipinski definition) is 2. The van der Waals surface area contributed by atoms with Gasteiger partial charge in [-0.05, 0) is 50.1 Å². The van der Waals surface area contributed by atoms with E-state index in [4.69, 9.17) is 4.74 Å². The lowest BCUT2D eigenvalue weighted by Gasteiger charge is -2.09. The molecule has 0 spiro atoms. The predicted molar refractivity (Wildman–Crippen MR) is 104 cm³/mol. The molecule has 0 atom stereocenters. The van der Waals surface area contributed by atoms with Crippen LogP contribution < -0.4 is 10.1 Å². The molecule has 0 aliphatic heterocycles. The lowest BCUT2D eigenvalue weighted by Crippen LogP contribution is -2.14. The van der Waals surface area contributed by atoms with Crippen molar-refractivity contribution in [1.82, 2.24) is 0 Å². The molecule has 1 amide bonds. The van der Waals surface area contributed by atoms with E-state index in [1.165, 1.54) is 12.1 Å². The van der Waals surface area contributed by atoms with Gasteiger partial charge in [0, 0.05) is 11.8 Å². The van der Waals surface area contributed by atoms with Gasteiger partial charge in [0.1, 0.15) is 11.6 Å². The maximum absolute atomic E-state index is 12.5. The highest BCUT2D eigenvalue weighted by Crippen LogP contribution is 2.37. The van der Waals surface area contributed by atoms with Crippen LogP contribution >= 0.6 is 0 Å². The van der Waals surface area contributed by atoms with Crippen LogP contribution in [0.1, 0.15) is 23.6 Å². The van der Waals surface area contributed by atoms with Gasteiger partial charge in [0.15, 0.2) is 5.75 Å². The molecule has 144 valence electrons. The minimum atomic E-state index is -0.767. The molecule has 0 saturated carbocycles. The van der Waals surface area contributed by atoms with E-state index in [0.29, 0.717) is 5.69 Å². The molecule has 0 aliphatic rings. The number of anilines is 1. The van der Waals surface area contributed by atoms with Crippen LogP contribution in [0.2, 0.25) is 0 Å². The van der Waals surface area contributed by atoms with E-state index in [2.05, 4.69) is 5.32 Å². The number of ether oxygens (including phenoxy) is 1. The SMILES string of the molecule is CCOc1cc(/C=C(\C#N)C(=O)Nc2ccc(C)cc2C)cc([N+](=O)[O-])c1O. The summed E-state index contributed by atoms with van der Waals surface area (Å²) in [5.74, 6) is -1.36. The minimum Gasteiger partial charge on any atom is -0.500 e. The van der Waals surface area contributed by atoms with E-state index in [0.717, 1.165) is 17.2 Å². The highest BCUT2D eigenvalue weighted by atomic mass is 16.6. The number of nitro groups is 1. The number of carbonyl (C=O) groups excluding carboxylic acids is 1. The molecule has 0 heterocycles. The van der Waals surface area contributed by atoms with Gasteiger partial charge >= 0.3 is 5.69 Å². The average molecular weight is 381 g/mol. The molecule has 8 heteroatoms. The molecule has 0 aromatic heterocycles. The molecule has 8 nitrogen and oxygen atoms in total. The largest absolute Gasteiger partial charge is 0.500 e. The Morgan fingerprint density at radius 3 is 2.64 bits per heavy atom. The summed E-state index contributed by atoms with van der Waals surface area (Å²) < 4.78 is 5.20. The zero-order chi connectivity index (χ0) is 20.8. The number of rotatable bonds is 6. The minimum absolute atomic E-state index is 0.102. The number of nitriles is 1. The van der Waals surface area contributed by atoms with Gasteiger partial charge < -0.3 is 15.2 Å². The van der Waals surface area contributed by atoms with Crippen molar-refractivity contribution in [3.05, 3.63) is 62.7 Å². The Bertz CT molecular complexity index is 1010. The molecule has 2 N–H and O–H groups in total. The number of phenolic OH excluding ortho intramolecular Hbond substituents is 1. The number of aromatic hydroxyl groups is 1. The van der Waals surface area contributed by atoms with Crippen LogP contribution in [-0.4, -0.2) is 22.5 Å². The molecule has 0 bridgehead atoms. The van der Waals surface area contributed by atoms with Crippen molar-refractivity contribution in [3.63, 3.8) is 0 Å². The number of benzene rings is 2. The highest BCUT2D eigenvalue weighted by Gasteiger charge is 2.20. The Balaban J connectivity index is 2.41. The molecule has 2 aromatic carbocycles. The quantitative estimate of drug-likeness (QED) is 0.339. The van der Waals surface area contributed by atoms with Crippen LogP contribution in [0.15, 0.2) is 35.9 Å². The van der Waals surface area contributed by atoms with Crippen LogP contribution in [0.3, 0.4) is 0 Å². The smallest absolute Gasteiger partial charge is 0.315 e. The predicted octanol–water partition coefficient (Wildman–Crippen LogP) is 3.86. The first-order valence-corrected chi connectivity index (χ1v) is 8.41. The van der Waals surface area contributed by atoms with Gasteiger partial charge in [0.2, 0.25) is 5.75 Å². The van der Waals surface area contributed by atoms with Crippen LogP contribution in [-0.2, 0) is 4.79 Å². The lowest BCUT2D eigenvalue weighted by molar-refractivity contribution is -0.386. The first-order valence-electron chi connectivity index (χ1n) is 8.41. The standard InChI is InChI=1S/C20H19N3O5/c1-4-28-18-10-14(9-17(19(18)24)23(26)27)8-15(11-21)20(25)22-16-6-5-12(2)7-13(16)3/h5-10,24H,4H2,1-3H3,(H,22,25)/b15-8+. The molecular formula is C20H19N3O5. The molecule has 0 unspecified atom stereocenters. The van der Waals surface area contributed by atoms with E-state index in [1.54, 1.807) is 19.1 Å². The van der Waals surface area contributed by atoms with Gasteiger partial charge in [-0.25, -0.2) is 0 Å². The molecule has 0 aliphatic carbocycles. The number of phenols is 1. The topological polar surface area (TPSA) is 125 Å². The average Bonchev–Trinajstić information content (AvgIpc) is 2.64. The van der Waals surface area contributed by atoms with Gasteiger partial charge in [0.05, 0.1) is 11.5 Å². The third kappa shape index (κ3) is 4.65. The Hall–Kier alpha value is -3.86. The maximum atomic E-state index is 12.5. The molecule has 28 heavy (non-hydrogen) atoms. The van der Waals surface area contributed by atoms with Crippen molar-refractivity contribution in [2.24, 2.45) is 0 Å². The van der Waals surface area contributed by atoms with E-state index >= 15 is 0 Å². The van der Waals surface area contributed by atoms with Crippen molar-refractivity contribution in [1.29, 1.82) is 5.26 Å². The normalized spacial score (nSPS) is 10.9. The van der Waals surface area contributed by atoms with Gasteiger partial charge in [-0.3, -0.25) is 14.9 Å². The molecular weight excluding hydrogens is 362 g/mol. The van der Waals surface area contributed by atoms with Crippen LogP contribution in [0.25, 0.3) is 6.08 Å². The number of amides is 1. The Labute approximate surface area is 161 Å². The third-order valence-corrected chi connectivity index (χ3v) is 3.88. The van der Waals surface area contributed by atoms with E-state index in [-0.39, 0.29) is 23.5 Å². The summed E-state index contributed by atoms with van der Waals surface area (Å²) in [6.45, 7) is 5.59. The Morgan fingerprint density at radius 1 is 1.36 bits per heavy atom. The second kappa shape index (κ2) is 8.68. The first kappa shape index (κ1) is 20.5.